The predicted molar refractivity (Wildman–Crippen MR) is 155 cm³/mol. The quantitative estimate of drug-likeness (QED) is 0.183. The molecule has 0 bridgehead atoms. The molecule has 40 heavy (non-hydrogen) atoms. The molecule has 0 amide bonds. The molecule has 0 atom stereocenters. The van der Waals surface area contributed by atoms with Gasteiger partial charge in [0.2, 0.25) is 5.95 Å². The summed E-state index contributed by atoms with van der Waals surface area (Å²) < 4.78 is 2.15. The summed E-state index contributed by atoms with van der Waals surface area (Å²) in [4.78, 5) is 16.1. The Morgan fingerprint density at radius 3 is 2.05 bits per heavy atom. The van der Waals surface area contributed by atoms with Gasteiger partial charge in [0.25, 0.3) is 0 Å². The minimum Gasteiger partial charge on any atom is -0.478 e. The van der Waals surface area contributed by atoms with Crippen LogP contribution in [0, 0.1) is 11.8 Å². The maximum atomic E-state index is 11.4. The molecule has 2 heterocycles. The average molecular weight is 524 g/mol. The topological polar surface area (TPSA) is 95.8 Å². The van der Waals surface area contributed by atoms with Crippen molar-refractivity contribution in [2.75, 3.05) is 11.9 Å². The molecule has 0 saturated heterocycles. The molecule has 0 spiro atoms. The van der Waals surface area contributed by atoms with Crippen molar-refractivity contribution in [3.05, 3.63) is 150 Å². The van der Waals surface area contributed by atoms with E-state index in [4.69, 9.17) is 0 Å². The van der Waals surface area contributed by atoms with Gasteiger partial charge >= 0.3 is 5.97 Å². The van der Waals surface area contributed by atoms with Crippen LogP contribution in [0.5, 0.6) is 0 Å². The first kappa shape index (κ1) is 24.7. The number of carbonyl (C=O) groups is 1. The second-order valence-electron chi connectivity index (χ2n) is 9.22. The van der Waals surface area contributed by atoms with Crippen LogP contribution in [0.4, 0.5) is 5.95 Å². The lowest BCUT2D eigenvalue weighted by molar-refractivity contribution is 0.0697. The molecule has 0 radical (unpaired) electrons. The maximum Gasteiger partial charge on any atom is 0.335 e. The van der Waals surface area contributed by atoms with Crippen molar-refractivity contribution in [3.63, 3.8) is 0 Å². The fourth-order valence-corrected chi connectivity index (χ4v) is 5.15. The normalized spacial score (nSPS) is 11.1. The molecule has 7 heteroatoms. The highest BCUT2D eigenvalue weighted by molar-refractivity contribution is 5.94. The highest BCUT2D eigenvalue weighted by atomic mass is 16.4. The van der Waals surface area contributed by atoms with Gasteiger partial charge in [-0.05, 0) is 40.8 Å². The molecule has 0 aliphatic rings. The van der Waals surface area contributed by atoms with Gasteiger partial charge in [-0.2, -0.15) is 5.10 Å². The van der Waals surface area contributed by atoms with E-state index >= 15 is 0 Å². The van der Waals surface area contributed by atoms with Crippen LogP contribution in [0.2, 0.25) is 0 Å². The summed E-state index contributed by atoms with van der Waals surface area (Å²) in [6.07, 6.45) is 3.77. The zero-order valence-electron chi connectivity index (χ0n) is 21.5. The minimum atomic E-state index is -0.991. The second-order valence-corrected chi connectivity index (χ2v) is 9.22. The number of fused-ring (bicyclic) bond motifs is 1. The smallest absolute Gasteiger partial charge is 0.335 e. The van der Waals surface area contributed by atoms with E-state index in [1.807, 2.05) is 24.4 Å². The zero-order valence-corrected chi connectivity index (χ0v) is 21.5. The Hall–Kier alpha value is -5.61. The summed E-state index contributed by atoms with van der Waals surface area (Å²) in [7, 11) is 0. The summed E-state index contributed by atoms with van der Waals surface area (Å²) in [5.74, 6) is 5.89. The Morgan fingerprint density at radius 2 is 1.48 bits per heavy atom. The molecule has 7 nitrogen and oxygen atoms in total. The van der Waals surface area contributed by atoms with Crippen LogP contribution in [0.25, 0.3) is 10.9 Å². The third-order valence-electron chi connectivity index (χ3n) is 6.93. The van der Waals surface area contributed by atoms with E-state index in [1.54, 1.807) is 18.3 Å². The van der Waals surface area contributed by atoms with E-state index in [-0.39, 0.29) is 5.56 Å². The van der Waals surface area contributed by atoms with E-state index in [9.17, 15) is 9.90 Å². The number of H-pyrrole nitrogens is 1. The molecular weight excluding hydrogens is 498 g/mol. The Morgan fingerprint density at radius 1 is 0.875 bits per heavy atom. The van der Waals surface area contributed by atoms with Crippen molar-refractivity contribution in [3.8, 4) is 11.8 Å². The molecule has 0 unspecified atom stereocenters. The first-order valence-electron chi connectivity index (χ1n) is 12.8. The van der Waals surface area contributed by atoms with Gasteiger partial charge in [-0.25, -0.2) is 9.78 Å². The zero-order chi connectivity index (χ0) is 27.4. The van der Waals surface area contributed by atoms with Crippen molar-refractivity contribution in [1.29, 1.82) is 0 Å². The van der Waals surface area contributed by atoms with Crippen LogP contribution in [0.1, 0.15) is 32.7 Å². The van der Waals surface area contributed by atoms with Crippen LogP contribution in [-0.4, -0.2) is 37.4 Å². The van der Waals surface area contributed by atoms with Gasteiger partial charge in [0.1, 0.15) is 11.2 Å². The number of benzene rings is 4. The van der Waals surface area contributed by atoms with Crippen molar-refractivity contribution in [2.24, 2.45) is 0 Å². The van der Waals surface area contributed by atoms with Gasteiger partial charge in [-0.1, -0.05) is 96.9 Å². The molecule has 194 valence electrons. The molecule has 0 saturated carbocycles. The number of aromatic amines is 1. The molecule has 6 rings (SSSR count). The van der Waals surface area contributed by atoms with Gasteiger partial charge in [0.05, 0.1) is 17.6 Å². The fraction of sp³-hybridized carbons (Fsp3) is 0.0606. The Kier molecular flexibility index (Phi) is 6.57. The van der Waals surface area contributed by atoms with Gasteiger partial charge in [-0.15, -0.1) is 0 Å². The summed E-state index contributed by atoms with van der Waals surface area (Å²) in [5, 5.41) is 20.6. The highest BCUT2D eigenvalue weighted by Crippen LogP contribution is 2.42. The molecule has 0 aliphatic heterocycles. The SMILES string of the molecule is O=C(O)c1ccc2n[nH]c(C#CCNc3nccn3C(c3ccccc3)(c3ccccc3)c3ccccc3)c2c1. The number of nitrogens with zero attached hydrogens (tertiary/aromatic N) is 3. The van der Waals surface area contributed by atoms with E-state index in [0.717, 1.165) is 16.7 Å². The maximum absolute atomic E-state index is 11.4. The number of rotatable bonds is 7. The first-order valence-corrected chi connectivity index (χ1v) is 12.8. The second kappa shape index (κ2) is 10.6. The molecule has 0 aliphatic carbocycles. The van der Waals surface area contributed by atoms with E-state index in [2.05, 4.69) is 110 Å². The van der Waals surface area contributed by atoms with Crippen LogP contribution >= 0.6 is 0 Å². The number of anilines is 1. The Labute approximate surface area is 231 Å². The Balaban J connectivity index is 1.40. The molecule has 2 aromatic heterocycles. The number of aromatic carboxylic acids is 1. The third-order valence-corrected chi connectivity index (χ3v) is 6.93. The van der Waals surface area contributed by atoms with Gasteiger partial charge in [0, 0.05) is 17.8 Å². The van der Waals surface area contributed by atoms with Crippen LogP contribution in [0.3, 0.4) is 0 Å². The van der Waals surface area contributed by atoms with Crippen molar-refractivity contribution >= 4 is 22.8 Å². The van der Waals surface area contributed by atoms with Gasteiger partial charge in [0.15, 0.2) is 0 Å². The molecule has 3 N–H and O–H groups in total. The Bertz CT molecular complexity index is 1730. The monoisotopic (exact) mass is 523 g/mol. The van der Waals surface area contributed by atoms with Gasteiger partial charge in [-0.3, -0.25) is 9.67 Å². The summed E-state index contributed by atoms with van der Waals surface area (Å²) in [5.41, 5.74) is 4.01. The highest BCUT2D eigenvalue weighted by Gasteiger charge is 2.39. The molecule has 4 aromatic carbocycles. The molecule has 6 aromatic rings. The number of carboxylic acids is 1. The standard InChI is InChI=1S/C33H25N5O2/c39-31(40)24-18-19-30-28(23-24)29(36-37-30)17-10-20-34-32-35-21-22-38(32)33(25-11-4-1-5-12-25,26-13-6-2-7-14-26)27-15-8-3-9-16-27/h1-9,11-16,18-19,21-23H,20H2,(H,34,35)(H,36,37)(H,39,40). The number of nitrogens with one attached hydrogen (secondary N) is 2. The predicted octanol–water partition coefficient (Wildman–Crippen LogP) is 5.76. The van der Waals surface area contributed by atoms with E-state index < -0.39 is 11.5 Å². The largest absolute Gasteiger partial charge is 0.478 e. The first-order chi connectivity index (χ1) is 19.7. The van der Waals surface area contributed by atoms with Gasteiger partial charge < -0.3 is 10.4 Å². The number of hydrogen-bond acceptors (Lipinski definition) is 4. The van der Waals surface area contributed by atoms with Crippen molar-refractivity contribution in [1.82, 2.24) is 19.7 Å². The number of hydrogen-bond donors (Lipinski definition) is 3. The average Bonchev–Trinajstić information content (AvgIpc) is 3.64. The van der Waals surface area contributed by atoms with Crippen molar-refractivity contribution in [2.45, 2.75) is 5.54 Å². The number of carboxylic acid groups (broad SMARTS) is 1. The molecular formula is C33H25N5O2. The number of imidazole rings is 1. The summed E-state index contributed by atoms with van der Waals surface area (Å²) in [6, 6.07) is 36.0. The summed E-state index contributed by atoms with van der Waals surface area (Å²) >= 11 is 0. The third kappa shape index (κ3) is 4.38. The summed E-state index contributed by atoms with van der Waals surface area (Å²) in [6.45, 7) is 0.310. The minimum absolute atomic E-state index is 0.191. The lowest BCUT2D eigenvalue weighted by Crippen LogP contribution is -2.38. The number of aromatic nitrogens is 4. The van der Waals surface area contributed by atoms with Crippen molar-refractivity contribution < 1.29 is 9.90 Å². The van der Waals surface area contributed by atoms with Crippen LogP contribution in [-0.2, 0) is 5.54 Å². The van der Waals surface area contributed by atoms with E-state index in [0.29, 0.717) is 29.1 Å². The van der Waals surface area contributed by atoms with Crippen LogP contribution in [0.15, 0.2) is 122 Å². The molecule has 0 fully saturated rings. The lowest BCUT2D eigenvalue weighted by atomic mass is 9.76. The van der Waals surface area contributed by atoms with Crippen LogP contribution < -0.4 is 5.32 Å². The fourth-order valence-electron chi connectivity index (χ4n) is 5.15. The van der Waals surface area contributed by atoms with E-state index in [1.165, 1.54) is 6.07 Å². The lowest BCUT2D eigenvalue weighted by Gasteiger charge is -2.38.